The monoisotopic (exact) mass is 1050 g/mol. The number of Topliss-reactive ketones (excluding diaryl/α,β-unsaturated/α-hetero) is 1. The van der Waals surface area contributed by atoms with E-state index in [9.17, 15) is 14.4 Å². The van der Waals surface area contributed by atoms with E-state index in [1.54, 1.807) is 19.9 Å². The van der Waals surface area contributed by atoms with Gasteiger partial charge in [0.2, 0.25) is 5.91 Å². The Labute approximate surface area is 445 Å². The summed E-state index contributed by atoms with van der Waals surface area (Å²) in [7, 11) is 0. The van der Waals surface area contributed by atoms with E-state index in [0.29, 0.717) is 133 Å². The van der Waals surface area contributed by atoms with Crippen LogP contribution in [0, 0.1) is 13.5 Å². The van der Waals surface area contributed by atoms with Crippen molar-refractivity contribution in [2.24, 2.45) is 0 Å². The fourth-order valence-corrected chi connectivity index (χ4v) is 8.66. The number of halogens is 1. The van der Waals surface area contributed by atoms with Gasteiger partial charge in [0.05, 0.1) is 97.0 Å². The molecule has 75 heavy (non-hydrogen) atoms. The van der Waals surface area contributed by atoms with Gasteiger partial charge < -0.3 is 53.2 Å². The van der Waals surface area contributed by atoms with Crippen molar-refractivity contribution < 1.29 is 52.1 Å². The Balaban J connectivity index is 0.730. The van der Waals surface area contributed by atoms with Crippen LogP contribution in [0.3, 0.4) is 0 Å². The van der Waals surface area contributed by atoms with Crippen molar-refractivity contribution in [1.29, 1.82) is 0 Å². The third kappa shape index (κ3) is 19.0. The lowest BCUT2D eigenvalue weighted by atomic mass is 9.88. The van der Waals surface area contributed by atoms with Crippen LogP contribution in [0.15, 0.2) is 107 Å². The van der Waals surface area contributed by atoms with E-state index in [0.717, 1.165) is 46.5 Å². The number of rotatable bonds is 33. The standard InChI is InChI=1S/C58H70ClN5O11/c1-6-8-53(62-58(67)55(60-5)40-51-37-41(2)63-75-51)45-14-21-50(22-15-45)74-36-35-73-34-33-72-32-31-71-30-29-70-28-27-69-26-25-68-24-7-9-57(66)46-12-10-44(11-13-46)47-16-23-56-52(39-47)54(38-42(3)64(56)43(4)65)61-49-19-17-48(59)18-20-49/h10-23,37,39-40,42,53-54,61H,6-9,24-36,38H2,1-4H3,(H,62,67)/b55-40-/t42-,53?,54+/m0/s1. The van der Waals surface area contributed by atoms with Gasteiger partial charge in [-0.25, -0.2) is 4.85 Å². The molecule has 2 N–H and O–H groups in total. The fraction of sp³-hybridized carbons (Fsp3) is 0.431. The number of ketones is 1. The van der Waals surface area contributed by atoms with E-state index < -0.39 is 5.91 Å². The Kier molecular flexibility index (Phi) is 24.3. The van der Waals surface area contributed by atoms with Crippen molar-refractivity contribution in [3.05, 3.63) is 147 Å². The van der Waals surface area contributed by atoms with Crippen LogP contribution in [-0.2, 0) is 38.0 Å². The van der Waals surface area contributed by atoms with Gasteiger partial charge in [0, 0.05) is 54.0 Å². The normalized spacial score (nSPS) is 14.7. The van der Waals surface area contributed by atoms with Gasteiger partial charge in [-0.05, 0) is 110 Å². The molecule has 2 amide bonds. The zero-order chi connectivity index (χ0) is 53.2. The minimum atomic E-state index is -0.473. The molecule has 1 unspecified atom stereocenters. The predicted molar refractivity (Wildman–Crippen MR) is 289 cm³/mol. The number of benzene rings is 4. The quantitative estimate of drug-likeness (QED) is 0.0176. The molecule has 1 aliphatic heterocycles. The molecule has 2 heterocycles. The van der Waals surface area contributed by atoms with E-state index in [2.05, 4.69) is 33.6 Å². The van der Waals surface area contributed by atoms with Crippen molar-refractivity contribution in [2.75, 3.05) is 96.1 Å². The Morgan fingerprint density at radius 2 is 1.37 bits per heavy atom. The topological polar surface area (TPSA) is 174 Å². The fourth-order valence-electron chi connectivity index (χ4n) is 8.53. The Bertz CT molecular complexity index is 2620. The highest BCUT2D eigenvalue weighted by molar-refractivity contribution is 6.30. The summed E-state index contributed by atoms with van der Waals surface area (Å²) in [5, 5.41) is 11.1. The average molecular weight is 1050 g/mol. The first-order valence-electron chi connectivity index (χ1n) is 25.6. The van der Waals surface area contributed by atoms with Crippen LogP contribution in [-0.4, -0.2) is 115 Å². The van der Waals surface area contributed by atoms with Gasteiger partial charge in [0.1, 0.15) is 18.1 Å². The molecule has 17 heteroatoms. The lowest BCUT2D eigenvalue weighted by Gasteiger charge is -2.39. The van der Waals surface area contributed by atoms with E-state index in [4.69, 9.17) is 55.9 Å². The van der Waals surface area contributed by atoms with Gasteiger partial charge >= 0.3 is 0 Å². The maximum atomic E-state index is 13.0. The minimum Gasteiger partial charge on any atom is -0.491 e. The highest BCUT2D eigenvalue weighted by atomic mass is 35.5. The predicted octanol–water partition coefficient (Wildman–Crippen LogP) is 10.7. The summed E-state index contributed by atoms with van der Waals surface area (Å²) in [5.74, 6) is 0.641. The van der Waals surface area contributed by atoms with Gasteiger partial charge in [-0.15, -0.1) is 0 Å². The number of fused-ring (bicyclic) bond motifs is 1. The van der Waals surface area contributed by atoms with E-state index >= 15 is 0 Å². The first kappa shape index (κ1) is 57.9. The molecule has 0 fully saturated rings. The van der Waals surface area contributed by atoms with Crippen molar-refractivity contribution in [3.8, 4) is 16.9 Å². The summed E-state index contributed by atoms with van der Waals surface area (Å²) in [4.78, 5) is 43.8. The summed E-state index contributed by atoms with van der Waals surface area (Å²) in [6.07, 6.45) is 4.69. The van der Waals surface area contributed by atoms with E-state index in [1.807, 2.05) is 96.8 Å². The molecule has 0 bridgehead atoms. The summed E-state index contributed by atoms with van der Waals surface area (Å²) >= 11 is 6.13. The number of aromatic nitrogens is 1. The number of ether oxygens (including phenoxy) is 7. The molecule has 0 aliphatic carbocycles. The number of amides is 2. The second kappa shape index (κ2) is 31.5. The smallest absolute Gasteiger partial charge is 0.253 e. The lowest BCUT2D eigenvalue weighted by molar-refractivity contribution is -0.118. The van der Waals surface area contributed by atoms with Crippen LogP contribution >= 0.6 is 11.6 Å². The molecule has 0 radical (unpaired) electrons. The number of carbonyl (C=O) groups is 3. The molecule has 4 aromatic carbocycles. The summed E-state index contributed by atoms with van der Waals surface area (Å²) in [6, 6.07) is 30.5. The van der Waals surface area contributed by atoms with Crippen LogP contribution in [0.4, 0.5) is 11.4 Å². The maximum absolute atomic E-state index is 13.0. The number of anilines is 2. The van der Waals surface area contributed by atoms with Crippen molar-refractivity contribution in [2.45, 2.75) is 77.9 Å². The number of hydrogen-bond acceptors (Lipinski definition) is 13. The summed E-state index contributed by atoms with van der Waals surface area (Å²) in [6.45, 7) is 20.6. The highest BCUT2D eigenvalue weighted by Crippen LogP contribution is 2.41. The van der Waals surface area contributed by atoms with Crippen molar-refractivity contribution in [1.82, 2.24) is 10.5 Å². The van der Waals surface area contributed by atoms with Crippen LogP contribution in [0.5, 0.6) is 5.75 Å². The zero-order valence-corrected chi connectivity index (χ0v) is 44.2. The molecule has 0 saturated heterocycles. The third-order valence-electron chi connectivity index (χ3n) is 12.2. The van der Waals surface area contributed by atoms with Gasteiger partial charge in [-0.1, -0.05) is 72.6 Å². The largest absolute Gasteiger partial charge is 0.491 e. The molecule has 400 valence electrons. The number of hydrogen-bond donors (Lipinski definition) is 2. The number of nitrogens with one attached hydrogen (secondary N) is 2. The molecule has 1 aromatic heterocycles. The first-order valence-corrected chi connectivity index (χ1v) is 26.0. The lowest BCUT2D eigenvalue weighted by Crippen LogP contribution is -2.43. The van der Waals surface area contributed by atoms with Crippen molar-refractivity contribution >= 4 is 46.6 Å². The van der Waals surface area contributed by atoms with E-state index in [-0.39, 0.29) is 35.5 Å². The second-order valence-electron chi connectivity index (χ2n) is 18.0. The molecule has 0 saturated carbocycles. The molecular weight excluding hydrogens is 978 g/mol. The SMILES string of the molecule is [C-]#[N+]/C(=C\c1cc(C)no1)C(=O)NC(CCC)c1ccc(OCCOCCOCCOCCOCCOCCOCCCC(=O)c2ccc(-c3ccc4c(c3)[C@H](Nc3ccc(Cl)cc3)C[C@H](C)N4C(C)=O)cc2)cc1. The Morgan fingerprint density at radius 3 is 1.93 bits per heavy atom. The van der Waals surface area contributed by atoms with Gasteiger partial charge in [0.25, 0.3) is 11.6 Å². The highest BCUT2D eigenvalue weighted by Gasteiger charge is 2.33. The maximum Gasteiger partial charge on any atom is 0.253 e. The molecular formula is C58H70ClN5O11. The van der Waals surface area contributed by atoms with Gasteiger partial charge in [-0.2, -0.15) is 0 Å². The molecule has 5 aromatic rings. The zero-order valence-electron chi connectivity index (χ0n) is 43.5. The van der Waals surface area contributed by atoms with Crippen LogP contribution in [0.1, 0.15) is 97.9 Å². The Morgan fingerprint density at radius 1 is 0.787 bits per heavy atom. The minimum absolute atomic E-state index is 0.00436. The average Bonchev–Trinajstić information content (AvgIpc) is 3.84. The third-order valence-corrected chi connectivity index (χ3v) is 12.5. The summed E-state index contributed by atoms with van der Waals surface area (Å²) < 4.78 is 44.6. The number of aryl methyl sites for hydroxylation is 1. The molecule has 16 nitrogen and oxygen atoms in total. The van der Waals surface area contributed by atoms with Gasteiger partial charge in [0.15, 0.2) is 5.78 Å². The van der Waals surface area contributed by atoms with E-state index in [1.165, 1.54) is 6.08 Å². The summed E-state index contributed by atoms with van der Waals surface area (Å²) in [5.41, 5.74) is 7.07. The van der Waals surface area contributed by atoms with Gasteiger partial charge in [-0.3, -0.25) is 14.4 Å². The Hall–Kier alpha value is -6.42. The first-order chi connectivity index (χ1) is 36.5. The van der Waals surface area contributed by atoms with Crippen LogP contribution < -0.4 is 20.3 Å². The number of carbonyl (C=O) groups excluding carboxylic acids is 3. The molecule has 3 atom stereocenters. The molecule has 0 spiro atoms. The van der Waals surface area contributed by atoms with Crippen molar-refractivity contribution in [3.63, 3.8) is 0 Å². The molecule has 1 aliphatic rings. The second-order valence-corrected chi connectivity index (χ2v) is 18.4. The number of nitrogens with zero attached hydrogens (tertiary/aromatic N) is 3. The van der Waals surface area contributed by atoms with Crippen LogP contribution in [0.2, 0.25) is 5.02 Å². The molecule has 6 rings (SSSR count). The van der Waals surface area contributed by atoms with Crippen LogP contribution in [0.25, 0.3) is 22.0 Å².